The molecular formula is C16H17ClF3N3S. The Kier molecular flexibility index (Phi) is 5.20. The molecule has 0 aliphatic carbocycles. The van der Waals surface area contributed by atoms with Crippen LogP contribution >= 0.6 is 22.9 Å². The van der Waals surface area contributed by atoms with Gasteiger partial charge in [-0.1, -0.05) is 11.6 Å². The molecule has 1 aromatic carbocycles. The number of piperidine rings is 1. The third kappa shape index (κ3) is 4.13. The summed E-state index contributed by atoms with van der Waals surface area (Å²) in [5.41, 5.74) is 0.0716. The van der Waals surface area contributed by atoms with E-state index < -0.39 is 11.7 Å². The minimum Gasteiger partial charge on any atom is -0.380 e. The lowest BCUT2D eigenvalue weighted by Crippen LogP contribution is -2.29. The van der Waals surface area contributed by atoms with Gasteiger partial charge in [0.1, 0.15) is 0 Å². The third-order valence-electron chi connectivity index (χ3n) is 4.01. The molecule has 1 fully saturated rings. The lowest BCUT2D eigenvalue weighted by atomic mass is 10.1. The Bertz CT molecular complexity index is 696. The van der Waals surface area contributed by atoms with Crippen LogP contribution in [0.15, 0.2) is 24.4 Å². The molecule has 0 radical (unpaired) electrons. The summed E-state index contributed by atoms with van der Waals surface area (Å²) in [4.78, 5) is 6.70. The average Bonchev–Trinajstić information content (AvgIpc) is 2.98. The fourth-order valence-electron chi connectivity index (χ4n) is 2.82. The van der Waals surface area contributed by atoms with Gasteiger partial charge in [-0.05, 0) is 37.5 Å². The lowest BCUT2D eigenvalue weighted by Gasteiger charge is -2.29. The van der Waals surface area contributed by atoms with E-state index >= 15 is 0 Å². The number of benzene rings is 1. The van der Waals surface area contributed by atoms with Gasteiger partial charge in [-0.2, -0.15) is 13.2 Å². The number of alkyl halides is 3. The van der Waals surface area contributed by atoms with Crippen molar-refractivity contribution < 1.29 is 13.2 Å². The van der Waals surface area contributed by atoms with Crippen LogP contribution in [0.4, 0.5) is 24.5 Å². The topological polar surface area (TPSA) is 28.2 Å². The molecule has 3 nitrogen and oxygen atoms in total. The molecule has 24 heavy (non-hydrogen) atoms. The largest absolute Gasteiger partial charge is 0.418 e. The predicted octanol–water partition coefficient (Wildman–Crippen LogP) is 5.42. The van der Waals surface area contributed by atoms with E-state index in [-0.39, 0.29) is 12.2 Å². The molecule has 3 rings (SSSR count). The second-order valence-corrected chi connectivity index (χ2v) is 7.41. The Balaban J connectivity index is 1.82. The molecule has 8 heteroatoms. The summed E-state index contributed by atoms with van der Waals surface area (Å²) in [5.74, 6) is 0. The number of halogens is 4. The zero-order valence-electron chi connectivity index (χ0n) is 12.9. The molecule has 0 unspecified atom stereocenters. The van der Waals surface area contributed by atoms with Crippen LogP contribution in [0.5, 0.6) is 0 Å². The summed E-state index contributed by atoms with van der Waals surface area (Å²) < 4.78 is 40.7. The first-order chi connectivity index (χ1) is 11.4. The highest BCUT2D eigenvalue weighted by Gasteiger charge is 2.34. The average molecular weight is 376 g/mol. The maximum Gasteiger partial charge on any atom is 0.418 e. The summed E-state index contributed by atoms with van der Waals surface area (Å²) in [6, 6.07) is 4.51. The van der Waals surface area contributed by atoms with Crippen molar-refractivity contribution in [3.63, 3.8) is 0 Å². The van der Waals surface area contributed by atoms with Crippen LogP contribution < -0.4 is 10.2 Å². The number of rotatable bonds is 4. The normalized spacial score (nSPS) is 15.6. The zero-order valence-corrected chi connectivity index (χ0v) is 14.4. The highest BCUT2D eigenvalue weighted by molar-refractivity contribution is 7.15. The Morgan fingerprint density at radius 1 is 1.21 bits per heavy atom. The summed E-state index contributed by atoms with van der Waals surface area (Å²) in [6.45, 7) is 1.88. The van der Waals surface area contributed by atoms with Gasteiger partial charge in [0.05, 0.1) is 12.1 Å². The van der Waals surface area contributed by atoms with E-state index in [4.69, 9.17) is 11.6 Å². The second-order valence-electron chi connectivity index (χ2n) is 5.71. The molecule has 1 saturated heterocycles. The molecule has 2 aromatic rings. The first-order valence-corrected chi connectivity index (χ1v) is 8.93. The van der Waals surface area contributed by atoms with Crippen molar-refractivity contribution in [1.82, 2.24) is 4.98 Å². The van der Waals surface area contributed by atoms with Crippen molar-refractivity contribution in [2.75, 3.05) is 23.3 Å². The van der Waals surface area contributed by atoms with Gasteiger partial charge >= 0.3 is 6.18 Å². The number of thiazole rings is 1. The minimum absolute atomic E-state index is 0.0766. The highest BCUT2D eigenvalue weighted by Crippen LogP contribution is 2.38. The van der Waals surface area contributed by atoms with Crippen LogP contribution in [-0.4, -0.2) is 18.1 Å². The van der Waals surface area contributed by atoms with E-state index in [0.717, 1.165) is 37.2 Å². The number of hydrogen-bond donors (Lipinski definition) is 1. The standard InChI is InChI=1S/C16H17ClF3N3S/c17-15-22-10-12(24-15)9-21-14-5-4-11(8-13(14)16(18,19)20)23-6-2-1-3-7-23/h4-5,8,10,21H,1-3,6-7,9H2. The maximum absolute atomic E-state index is 13.4. The smallest absolute Gasteiger partial charge is 0.380 e. The molecule has 0 bridgehead atoms. The van der Waals surface area contributed by atoms with Gasteiger partial charge in [0.15, 0.2) is 4.47 Å². The number of nitrogens with zero attached hydrogens (tertiary/aromatic N) is 2. The van der Waals surface area contributed by atoms with E-state index in [1.54, 1.807) is 12.3 Å². The Labute approximate surface area is 147 Å². The van der Waals surface area contributed by atoms with E-state index in [2.05, 4.69) is 10.3 Å². The fourth-order valence-corrected chi connectivity index (χ4v) is 3.74. The van der Waals surface area contributed by atoms with E-state index in [9.17, 15) is 13.2 Å². The molecular weight excluding hydrogens is 359 g/mol. The van der Waals surface area contributed by atoms with Crippen LogP contribution in [0.25, 0.3) is 0 Å². The summed E-state index contributed by atoms with van der Waals surface area (Å²) >= 11 is 7.00. The Morgan fingerprint density at radius 3 is 2.58 bits per heavy atom. The van der Waals surface area contributed by atoms with Crippen molar-refractivity contribution in [2.24, 2.45) is 0 Å². The number of aromatic nitrogens is 1. The first-order valence-electron chi connectivity index (χ1n) is 7.74. The van der Waals surface area contributed by atoms with Gasteiger partial charge in [-0.3, -0.25) is 0 Å². The van der Waals surface area contributed by atoms with Crippen LogP contribution in [0.1, 0.15) is 29.7 Å². The van der Waals surface area contributed by atoms with Crippen molar-refractivity contribution in [2.45, 2.75) is 32.0 Å². The second kappa shape index (κ2) is 7.19. The van der Waals surface area contributed by atoms with Crippen molar-refractivity contribution in [1.29, 1.82) is 0 Å². The molecule has 0 atom stereocenters. The zero-order chi connectivity index (χ0) is 17.2. The fraction of sp³-hybridized carbons (Fsp3) is 0.438. The molecule has 1 aliphatic heterocycles. The summed E-state index contributed by atoms with van der Waals surface area (Å²) in [6.07, 6.45) is 0.343. The van der Waals surface area contributed by atoms with Crippen LogP contribution in [0.2, 0.25) is 4.47 Å². The Hall–Kier alpha value is -1.47. The molecule has 1 aromatic heterocycles. The lowest BCUT2D eigenvalue weighted by molar-refractivity contribution is -0.136. The third-order valence-corrected chi connectivity index (χ3v) is 5.12. The van der Waals surface area contributed by atoms with Gasteiger partial charge < -0.3 is 10.2 Å². The van der Waals surface area contributed by atoms with Crippen molar-refractivity contribution in [3.05, 3.63) is 39.3 Å². The molecule has 0 amide bonds. The highest BCUT2D eigenvalue weighted by atomic mass is 35.5. The Morgan fingerprint density at radius 2 is 1.96 bits per heavy atom. The van der Waals surface area contributed by atoms with E-state index in [1.807, 2.05) is 4.90 Å². The minimum atomic E-state index is -4.40. The SMILES string of the molecule is FC(F)(F)c1cc(N2CCCCC2)ccc1NCc1cnc(Cl)s1. The van der Waals surface area contributed by atoms with E-state index in [1.165, 1.54) is 23.5 Å². The molecule has 2 heterocycles. The van der Waals surface area contributed by atoms with Crippen LogP contribution in [-0.2, 0) is 12.7 Å². The predicted molar refractivity (Wildman–Crippen MR) is 92.0 cm³/mol. The summed E-state index contributed by atoms with van der Waals surface area (Å²) in [5, 5.41) is 2.85. The van der Waals surface area contributed by atoms with Gasteiger partial charge in [-0.15, -0.1) is 11.3 Å². The molecule has 0 saturated carbocycles. The summed E-state index contributed by atoms with van der Waals surface area (Å²) in [7, 11) is 0. The van der Waals surface area contributed by atoms with Crippen LogP contribution in [0.3, 0.4) is 0 Å². The number of anilines is 2. The van der Waals surface area contributed by atoms with Crippen molar-refractivity contribution in [3.8, 4) is 0 Å². The van der Waals surface area contributed by atoms with Gasteiger partial charge in [0.25, 0.3) is 0 Å². The van der Waals surface area contributed by atoms with Crippen LogP contribution in [0, 0.1) is 0 Å². The number of nitrogens with one attached hydrogen (secondary N) is 1. The molecule has 1 aliphatic rings. The first kappa shape index (κ1) is 17.4. The monoisotopic (exact) mass is 375 g/mol. The molecule has 130 valence electrons. The van der Waals surface area contributed by atoms with Gasteiger partial charge in [0.2, 0.25) is 0 Å². The molecule has 0 spiro atoms. The van der Waals surface area contributed by atoms with Gasteiger partial charge in [-0.25, -0.2) is 4.98 Å². The van der Waals surface area contributed by atoms with Crippen molar-refractivity contribution >= 4 is 34.3 Å². The van der Waals surface area contributed by atoms with E-state index in [0.29, 0.717) is 10.2 Å². The maximum atomic E-state index is 13.4. The quantitative estimate of drug-likeness (QED) is 0.773. The number of hydrogen-bond acceptors (Lipinski definition) is 4. The van der Waals surface area contributed by atoms with Gasteiger partial charge in [0, 0.05) is 35.5 Å². The molecule has 1 N–H and O–H groups in total.